The molecule has 10 nitrogen and oxygen atoms in total. The largest absolute Gasteiger partial charge is 0.477 e. The zero-order valence-corrected chi connectivity index (χ0v) is 18.1. The third-order valence-corrected chi connectivity index (χ3v) is 6.83. The van der Waals surface area contributed by atoms with Crippen molar-refractivity contribution in [1.29, 1.82) is 0 Å². The highest BCUT2D eigenvalue weighted by Crippen LogP contribution is 2.37. The highest BCUT2D eigenvalue weighted by molar-refractivity contribution is 8.00. The van der Waals surface area contributed by atoms with Gasteiger partial charge in [-0.2, -0.15) is 11.8 Å². The predicted molar refractivity (Wildman–Crippen MR) is 117 cm³/mol. The maximum atomic E-state index is 12.8. The van der Waals surface area contributed by atoms with Gasteiger partial charge in [-0.3, -0.25) is 14.5 Å². The molecule has 2 atom stereocenters. The van der Waals surface area contributed by atoms with Crippen LogP contribution in [0.25, 0.3) is 0 Å². The third kappa shape index (κ3) is 4.79. The van der Waals surface area contributed by atoms with E-state index in [1.165, 1.54) is 22.7 Å². The number of carbonyl (C=O) groups is 3. The fourth-order valence-corrected chi connectivity index (χ4v) is 4.99. The molecule has 2 aliphatic rings. The lowest BCUT2D eigenvalue weighted by molar-refractivity contribution is -0.150. The van der Waals surface area contributed by atoms with E-state index in [1.807, 2.05) is 0 Å². The highest BCUT2D eigenvalue weighted by atomic mass is 32.2. The van der Waals surface area contributed by atoms with E-state index in [4.69, 9.17) is 10.6 Å². The SMILES string of the molecule is C=CCSCCO/N=C(\C(=O)NC1C(=O)N2C(C(=O)O)=CCS[C@H]12)c1csc(N)n1. The van der Waals surface area contributed by atoms with Crippen LogP contribution in [0.4, 0.5) is 5.13 Å². The van der Waals surface area contributed by atoms with Gasteiger partial charge in [0.25, 0.3) is 11.8 Å². The van der Waals surface area contributed by atoms with Crippen LogP contribution in [0.2, 0.25) is 0 Å². The van der Waals surface area contributed by atoms with E-state index >= 15 is 0 Å². The number of carbonyl (C=O) groups excluding carboxylic acids is 2. The number of thioether (sulfide) groups is 2. The summed E-state index contributed by atoms with van der Waals surface area (Å²) in [6.07, 6.45) is 3.25. The predicted octanol–water partition coefficient (Wildman–Crippen LogP) is 0.734. The first-order valence-corrected chi connectivity index (χ1v) is 11.8. The Balaban J connectivity index is 1.68. The monoisotopic (exact) mass is 469 g/mol. The molecule has 1 aromatic rings. The summed E-state index contributed by atoms with van der Waals surface area (Å²) >= 11 is 4.11. The Morgan fingerprint density at radius 3 is 3.03 bits per heavy atom. The minimum Gasteiger partial charge on any atom is -0.477 e. The van der Waals surface area contributed by atoms with E-state index in [1.54, 1.807) is 23.2 Å². The Hall–Kier alpha value is -2.51. The van der Waals surface area contributed by atoms with Crippen LogP contribution < -0.4 is 11.1 Å². The van der Waals surface area contributed by atoms with Crippen molar-refractivity contribution in [3.05, 3.63) is 35.5 Å². The third-order valence-electron chi connectivity index (χ3n) is 4.04. The number of fused-ring (bicyclic) bond motifs is 1. The molecule has 30 heavy (non-hydrogen) atoms. The highest BCUT2D eigenvalue weighted by Gasteiger charge is 2.53. The molecule has 3 rings (SSSR count). The number of aliphatic carboxylic acids is 1. The molecule has 3 heterocycles. The van der Waals surface area contributed by atoms with Crippen molar-refractivity contribution in [3.63, 3.8) is 0 Å². The molecule has 0 aliphatic carbocycles. The van der Waals surface area contributed by atoms with E-state index in [9.17, 15) is 19.5 Å². The van der Waals surface area contributed by atoms with Crippen molar-refractivity contribution in [2.24, 2.45) is 5.16 Å². The lowest BCUT2D eigenvalue weighted by Crippen LogP contribution is -2.70. The summed E-state index contributed by atoms with van der Waals surface area (Å²) in [6.45, 7) is 3.91. The van der Waals surface area contributed by atoms with Crippen LogP contribution in [0.3, 0.4) is 0 Å². The van der Waals surface area contributed by atoms with Gasteiger partial charge in [-0.05, 0) is 6.08 Å². The number of nitrogen functional groups attached to an aromatic ring is 1. The Kier molecular flexibility index (Phi) is 7.39. The van der Waals surface area contributed by atoms with Crippen LogP contribution in [0.5, 0.6) is 0 Å². The van der Waals surface area contributed by atoms with Gasteiger partial charge in [0, 0.05) is 22.6 Å². The second kappa shape index (κ2) is 10.00. The zero-order chi connectivity index (χ0) is 21.7. The van der Waals surface area contributed by atoms with Crippen LogP contribution >= 0.6 is 34.9 Å². The number of hydrogen-bond acceptors (Lipinski definition) is 10. The molecule has 0 spiro atoms. The number of hydrogen-bond donors (Lipinski definition) is 3. The molecule has 2 amide bonds. The number of nitrogens with two attached hydrogens (primary N) is 1. The number of anilines is 1. The second-order valence-electron chi connectivity index (χ2n) is 5.99. The molecule has 13 heteroatoms. The standard InChI is InChI=1S/C17H19N5O5S3/c1-2-5-28-7-4-27-21-11(9-8-30-17(18)19-9)13(23)20-12-14(24)22-10(16(25)26)3-6-29-15(12)22/h2-3,8,12,15H,1,4-7H2,(H2,18,19)(H,20,23)(H,25,26)/b21-11-/t12?,15-/m1/s1. The minimum absolute atomic E-state index is 0.0734. The maximum absolute atomic E-state index is 12.8. The van der Waals surface area contributed by atoms with Crippen molar-refractivity contribution >= 4 is 63.5 Å². The van der Waals surface area contributed by atoms with Gasteiger partial charge < -0.3 is 21.0 Å². The molecule has 1 unspecified atom stereocenters. The van der Waals surface area contributed by atoms with Gasteiger partial charge in [-0.1, -0.05) is 11.2 Å². The average molecular weight is 470 g/mol. The zero-order valence-electron chi connectivity index (χ0n) is 15.6. The summed E-state index contributed by atoms with van der Waals surface area (Å²) in [4.78, 5) is 47.1. The first-order chi connectivity index (χ1) is 14.4. The summed E-state index contributed by atoms with van der Waals surface area (Å²) in [5, 5.41) is 17.1. The topological polar surface area (TPSA) is 147 Å². The Bertz CT molecular complexity index is 915. The number of nitrogens with zero attached hydrogens (tertiary/aromatic N) is 3. The number of aromatic nitrogens is 1. The van der Waals surface area contributed by atoms with Crippen LogP contribution in [0.15, 0.2) is 35.0 Å². The van der Waals surface area contributed by atoms with Gasteiger partial charge >= 0.3 is 5.97 Å². The van der Waals surface area contributed by atoms with Gasteiger partial charge in [0.15, 0.2) is 10.8 Å². The minimum atomic E-state index is -1.18. The molecule has 0 aromatic carbocycles. The Morgan fingerprint density at radius 1 is 1.57 bits per heavy atom. The van der Waals surface area contributed by atoms with Gasteiger partial charge in [0.2, 0.25) is 0 Å². The van der Waals surface area contributed by atoms with Crippen molar-refractivity contribution in [2.45, 2.75) is 11.4 Å². The fraction of sp³-hybridized carbons (Fsp3) is 0.353. The van der Waals surface area contributed by atoms with Crippen molar-refractivity contribution in [3.8, 4) is 0 Å². The number of β-lactam (4-membered cyclic amide) rings is 1. The van der Waals surface area contributed by atoms with Crippen LogP contribution in [0.1, 0.15) is 5.69 Å². The van der Waals surface area contributed by atoms with E-state index in [0.29, 0.717) is 11.5 Å². The lowest BCUT2D eigenvalue weighted by Gasteiger charge is -2.48. The van der Waals surface area contributed by atoms with E-state index in [0.717, 1.165) is 17.1 Å². The molecule has 1 aromatic heterocycles. The number of amides is 2. The summed E-state index contributed by atoms with van der Waals surface area (Å²) < 4.78 is 0. The quantitative estimate of drug-likeness (QED) is 0.148. The van der Waals surface area contributed by atoms with Crippen LogP contribution in [0, 0.1) is 0 Å². The molecular weight excluding hydrogens is 450 g/mol. The molecule has 1 fully saturated rings. The summed E-state index contributed by atoms with van der Waals surface area (Å²) in [6, 6.07) is -0.866. The summed E-state index contributed by atoms with van der Waals surface area (Å²) in [5.41, 5.74) is 5.72. The molecule has 0 saturated carbocycles. The second-order valence-corrected chi connectivity index (χ2v) is 9.17. The maximum Gasteiger partial charge on any atom is 0.352 e. The van der Waals surface area contributed by atoms with E-state index in [-0.39, 0.29) is 28.8 Å². The fourth-order valence-electron chi connectivity index (χ4n) is 2.72. The summed E-state index contributed by atoms with van der Waals surface area (Å²) in [5.74, 6) is -0.464. The van der Waals surface area contributed by atoms with Crippen LogP contribution in [-0.2, 0) is 19.2 Å². The van der Waals surface area contributed by atoms with E-state index in [2.05, 4.69) is 22.0 Å². The molecule has 0 radical (unpaired) electrons. The van der Waals surface area contributed by atoms with Crippen molar-refractivity contribution < 1.29 is 24.3 Å². The normalized spacial score (nSPS) is 20.7. The van der Waals surface area contributed by atoms with Crippen molar-refractivity contribution in [1.82, 2.24) is 15.2 Å². The molecule has 4 N–H and O–H groups in total. The van der Waals surface area contributed by atoms with Gasteiger partial charge in [-0.25, -0.2) is 9.78 Å². The Morgan fingerprint density at radius 2 is 2.37 bits per heavy atom. The number of carboxylic acid groups (broad SMARTS) is 1. The number of nitrogens with one attached hydrogen (secondary N) is 1. The number of oxime groups is 1. The first-order valence-electron chi connectivity index (χ1n) is 8.73. The molecular formula is C17H19N5O5S3. The number of carboxylic acids is 1. The van der Waals surface area contributed by atoms with Gasteiger partial charge in [0.1, 0.15) is 29.4 Å². The molecule has 160 valence electrons. The first kappa shape index (κ1) is 22.2. The summed E-state index contributed by atoms with van der Waals surface area (Å²) in [7, 11) is 0. The molecule has 2 aliphatic heterocycles. The van der Waals surface area contributed by atoms with Crippen LogP contribution in [-0.4, -0.2) is 73.8 Å². The smallest absolute Gasteiger partial charge is 0.352 e. The molecule has 1 saturated heterocycles. The van der Waals surface area contributed by atoms with E-state index < -0.39 is 29.2 Å². The van der Waals surface area contributed by atoms with Gasteiger partial charge in [-0.15, -0.1) is 29.7 Å². The number of rotatable bonds is 10. The van der Waals surface area contributed by atoms with Gasteiger partial charge in [0.05, 0.1) is 0 Å². The lowest BCUT2D eigenvalue weighted by atomic mass is 10.0. The Labute approximate surface area is 184 Å². The average Bonchev–Trinajstić information content (AvgIpc) is 3.16. The molecule has 0 bridgehead atoms. The van der Waals surface area contributed by atoms with Crippen molar-refractivity contribution in [2.75, 3.05) is 29.6 Å². The number of thiazole rings is 1.